The first-order chi connectivity index (χ1) is 33.8. The summed E-state index contributed by atoms with van der Waals surface area (Å²) in [5.41, 5.74) is 8.52. The standard InChI is InChI=1S/C61H88N4O6/c1-56(2)55(71-56)46(67)30-57(3)19-14-39-33-64-51-42(28-36-26-40(37-17-24-70-25-18-37)29-41(27-36)43-13-11-10-12-38(43)32-63-9)34-65(52(39)51)35-44-49-50(57)45(66)31-61(49,7)60(6)21-15-47-58(4,22-23-62-8)48(68)16-20-59(47,5)54(60)53(44)69/h26-27,29,33-34,37-38,43-44,46-47,53-55,62-64,67,69H,10-25,28,30-32,35H2,1-9H3/t38-,43+,44+,46+,47-,53+,54+,55+,57-,58-,59+,60-,61-/m0/s1. The lowest BCUT2D eigenvalue weighted by Crippen LogP contribution is -2.68. The minimum absolute atomic E-state index is 0.115. The van der Waals surface area contributed by atoms with Gasteiger partial charge in [-0.2, -0.15) is 0 Å². The molecule has 5 aliphatic carbocycles. The van der Waals surface area contributed by atoms with Crippen molar-refractivity contribution in [1.29, 1.82) is 0 Å². The number of aliphatic hydroxyl groups excluding tert-OH is 2. The van der Waals surface area contributed by atoms with E-state index in [2.05, 4.69) is 92.4 Å². The van der Waals surface area contributed by atoms with Gasteiger partial charge in [0.05, 0.1) is 28.8 Å². The number of ketones is 2. The zero-order chi connectivity index (χ0) is 50.0. The molecule has 0 unspecified atom stereocenters. The van der Waals surface area contributed by atoms with Crippen LogP contribution in [0.5, 0.6) is 0 Å². The van der Waals surface area contributed by atoms with Gasteiger partial charge >= 0.3 is 0 Å². The number of epoxide rings is 1. The molecule has 0 spiro atoms. The minimum atomic E-state index is -0.735. The Bertz CT molecular complexity index is 2580. The highest BCUT2D eigenvalue weighted by Crippen LogP contribution is 2.76. The summed E-state index contributed by atoms with van der Waals surface area (Å²) in [7, 11) is 4.08. The van der Waals surface area contributed by atoms with Crippen molar-refractivity contribution in [3.63, 3.8) is 0 Å². The molecule has 10 nitrogen and oxygen atoms in total. The van der Waals surface area contributed by atoms with E-state index in [4.69, 9.17) is 9.47 Å². The van der Waals surface area contributed by atoms with E-state index in [-0.39, 0.29) is 40.5 Å². The number of aryl methyl sites for hydroxylation is 1. The van der Waals surface area contributed by atoms with Crippen LogP contribution < -0.4 is 10.6 Å². The number of hydrogen-bond acceptors (Lipinski definition) is 8. The molecule has 0 bridgehead atoms. The normalized spacial score (nSPS) is 39.6. The van der Waals surface area contributed by atoms with Crippen molar-refractivity contribution >= 4 is 22.6 Å². The van der Waals surface area contributed by atoms with E-state index < -0.39 is 34.1 Å². The molecule has 1 aromatic carbocycles. The Morgan fingerprint density at radius 2 is 1.63 bits per heavy atom. The predicted molar refractivity (Wildman–Crippen MR) is 281 cm³/mol. The molecule has 388 valence electrons. The molecule has 4 saturated carbocycles. The van der Waals surface area contributed by atoms with E-state index in [1.54, 1.807) is 0 Å². The minimum Gasteiger partial charge on any atom is -0.392 e. The number of aliphatic hydroxyl groups is 2. The highest BCUT2D eigenvalue weighted by atomic mass is 16.6. The Kier molecular flexibility index (Phi) is 12.7. The van der Waals surface area contributed by atoms with Crippen LogP contribution in [0.1, 0.15) is 178 Å². The van der Waals surface area contributed by atoms with Crippen molar-refractivity contribution in [3.8, 4) is 0 Å². The van der Waals surface area contributed by atoms with Crippen molar-refractivity contribution in [3.05, 3.63) is 69.6 Å². The fourth-order valence-corrected chi connectivity index (χ4v) is 18.4. The molecular formula is C61H88N4O6. The molecule has 3 aliphatic heterocycles. The summed E-state index contributed by atoms with van der Waals surface area (Å²) < 4.78 is 14.5. The Balaban J connectivity index is 1.05. The third kappa shape index (κ3) is 7.89. The fraction of sp³-hybridized carbons (Fsp3) is 0.738. The molecule has 71 heavy (non-hydrogen) atoms. The molecule has 3 aromatic rings. The van der Waals surface area contributed by atoms with E-state index in [0.29, 0.717) is 55.8 Å². The van der Waals surface area contributed by atoms with E-state index in [1.807, 2.05) is 20.9 Å². The average Bonchev–Trinajstić information content (AvgIpc) is 3.57. The van der Waals surface area contributed by atoms with Crippen LogP contribution >= 0.6 is 0 Å². The number of Topliss-reactive ketones (excluding diaryl/α,β-unsaturated/α-hetero) is 2. The summed E-state index contributed by atoms with van der Waals surface area (Å²) in [6.45, 7) is 19.8. The number of fused-ring (bicyclic) bond motifs is 4. The molecule has 2 saturated heterocycles. The first-order valence-electron chi connectivity index (χ1n) is 28.3. The Morgan fingerprint density at radius 1 is 0.887 bits per heavy atom. The van der Waals surface area contributed by atoms with E-state index in [0.717, 1.165) is 88.8 Å². The molecule has 5 N–H and O–H groups in total. The molecular weight excluding hydrogens is 885 g/mol. The van der Waals surface area contributed by atoms with Gasteiger partial charge in [0.1, 0.15) is 11.9 Å². The van der Waals surface area contributed by atoms with Crippen molar-refractivity contribution in [2.45, 2.75) is 193 Å². The molecule has 0 amide bonds. The number of rotatable bonds is 12. The Hall–Kier alpha value is -3.12. The highest BCUT2D eigenvalue weighted by molar-refractivity contribution is 6.02. The first kappa shape index (κ1) is 50.1. The lowest BCUT2D eigenvalue weighted by atomic mass is 9.34. The number of H-pyrrole nitrogens is 1. The van der Waals surface area contributed by atoms with Crippen LogP contribution in [0.15, 0.2) is 41.7 Å². The Morgan fingerprint density at radius 3 is 2.37 bits per heavy atom. The van der Waals surface area contributed by atoms with Gasteiger partial charge in [0.15, 0.2) is 5.78 Å². The Labute approximate surface area is 424 Å². The molecule has 13 atom stereocenters. The second-order valence-corrected chi connectivity index (χ2v) is 26.6. The number of ether oxygens (including phenoxy) is 2. The quantitative estimate of drug-likeness (QED) is 0.113. The molecule has 11 rings (SSSR count). The predicted octanol–water partition coefficient (Wildman–Crippen LogP) is 10.1. The number of aromatic nitrogens is 2. The van der Waals surface area contributed by atoms with Gasteiger partial charge in [-0.05, 0) is 191 Å². The average molecular weight is 973 g/mol. The van der Waals surface area contributed by atoms with Crippen LogP contribution in [-0.4, -0.2) is 95.6 Å². The SMILES string of the molecule is CNCC[C@]1(C)C(=O)CC[C@@]2(C)[C@H]3[C@H](O)[C@@H]4Cn5cc(Cc6cc(C7CCOCC7)cc([C@@H]7CCCC[C@H]7CNC)c6)c6[nH]cc(c65)CC[C@@](C)(C[C@@H](O)[C@H]5OC5(C)C)C5=C4[C@](C)(CC5=O)[C@@]3(C)CC[C@H]21. The fourth-order valence-electron chi connectivity index (χ4n) is 18.4. The number of benzene rings is 1. The van der Waals surface area contributed by atoms with E-state index in [1.165, 1.54) is 64.5 Å². The topological polar surface area (TPSA) is 141 Å². The lowest BCUT2D eigenvalue weighted by Gasteiger charge is -2.70. The van der Waals surface area contributed by atoms with E-state index in [9.17, 15) is 15.0 Å². The maximum absolute atomic E-state index is 15.5. The molecule has 8 aliphatic rings. The van der Waals surface area contributed by atoms with Crippen LogP contribution in [0.2, 0.25) is 0 Å². The summed E-state index contributed by atoms with van der Waals surface area (Å²) in [5, 5.41) is 32.8. The third-order valence-electron chi connectivity index (χ3n) is 22.2. The summed E-state index contributed by atoms with van der Waals surface area (Å²) >= 11 is 0. The van der Waals surface area contributed by atoms with Gasteiger partial charge in [-0.3, -0.25) is 9.59 Å². The van der Waals surface area contributed by atoms with Gasteiger partial charge in [0, 0.05) is 73.7 Å². The lowest BCUT2D eigenvalue weighted by molar-refractivity contribution is -0.222. The van der Waals surface area contributed by atoms with Gasteiger partial charge in [-0.25, -0.2) is 0 Å². The van der Waals surface area contributed by atoms with E-state index >= 15 is 4.79 Å². The smallest absolute Gasteiger partial charge is 0.160 e. The summed E-state index contributed by atoms with van der Waals surface area (Å²) in [5.74, 6) is 1.92. The maximum Gasteiger partial charge on any atom is 0.160 e. The van der Waals surface area contributed by atoms with Crippen molar-refractivity contribution in [2.75, 3.05) is 40.4 Å². The van der Waals surface area contributed by atoms with Crippen LogP contribution in [-0.2, 0) is 38.4 Å². The number of nitrogens with zero attached hydrogens (tertiary/aromatic N) is 1. The molecule has 2 aromatic heterocycles. The third-order valence-corrected chi connectivity index (χ3v) is 22.2. The monoisotopic (exact) mass is 973 g/mol. The second kappa shape index (κ2) is 18.0. The van der Waals surface area contributed by atoms with Gasteiger partial charge < -0.3 is 39.9 Å². The highest BCUT2D eigenvalue weighted by Gasteiger charge is 2.73. The van der Waals surface area contributed by atoms with Crippen LogP contribution in [0.4, 0.5) is 0 Å². The van der Waals surface area contributed by atoms with Gasteiger partial charge in [-0.1, -0.05) is 65.7 Å². The number of carbonyl (C=O) groups excluding carboxylic acids is 2. The van der Waals surface area contributed by atoms with Crippen LogP contribution in [0, 0.1) is 50.7 Å². The molecule has 0 radical (unpaired) electrons. The molecule has 10 heteroatoms. The summed E-state index contributed by atoms with van der Waals surface area (Å²) in [6.07, 6.45) is 17.0. The summed E-state index contributed by atoms with van der Waals surface area (Å²) in [6, 6.07) is 7.62. The number of aromatic amines is 1. The zero-order valence-electron chi connectivity index (χ0n) is 44.9. The summed E-state index contributed by atoms with van der Waals surface area (Å²) in [4.78, 5) is 33.5. The largest absolute Gasteiger partial charge is 0.392 e. The number of allylic oxidation sites excluding steroid dienone is 1. The molecule has 6 fully saturated rings. The van der Waals surface area contributed by atoms with Gasteiger partial charge in [0.2, 0.25) is 0 Å². The second-order valence-electron chi connectivity index (χ2n) is 26.6. The van der Waals surface area contributed by atoms with Gasteiger partial charge in [0.25, 0.3) is 0 Å². The number of carbonyl (C=O) groups is 2. The van der Waals surface area contributed by atoms with Crippen LogP contribution in [0.25, 0.3) is 11.0 Å². The number of hydrogen-bond donors (Lipinski definition) is 5. The van der Waals surface area contributed by atoms with Crippen molar-refractivity contribution < 1.29 is 29.3 Å². The zero-order valence-corrected chi connectivity index (χ0v) is 44.9. The van der Waals surface area contributed by atoms with Crippen LogP contribution in [0.3, 0.4) is 0 Å². The molecule has 5 heterocycles. The first-order valence-corrected chi connectivity index (χ1v) is 28.3. The number of nitrogens with one attached hydrogen (secondary N) is 3. The van der Waals surface area contributed by atoms with Crippen molar-refractivity contribution in [1.82, 2.24) is 20.2 Å². The van der Waals surface area contributed by atoms with Gasteiger partial charge in [-0.15, -0.1) is 0 Å². The van der Waals surface area contributed by atoms with Crippen molar-refractivity contribution in [2.24, 2.45) is 50.7 Å². The maximum atomic E-state index is 15.5.